The summed E-state index contributed by atoms with van der Waals surface area (Å²) in [6.07, 6.45) is 0.400. The van der Waals surface area contributed by atoms with E-state index < -0.39 is 0 Å². The highest BCUT2D eigenvalue weighted by molar-refractivity contribution is 5.54. The fourth-order valence-corrected chi connectivity index (χ4v) is 2.53. The van der Waals surface area contributed by atoms with E-state index in [4.69, 9.17) is 10.5 Å². The fraction of sp³-hybridized carbons (Fsp3) is 0.571. The van der Waals surface area contributed by atoms with E-state index >= 15 is 0 Å². The molecule has 2 unspecified atom stereocenters. The second-order valence-electron chi connectivity index (χ2n) is 5.00. The Hall–Kier alpha value is -1.06. The van der Waals surface area contributed by atoms with Crippen LogP contribution in [0.5, 0.6) is 0 Å². The highest BCUT2D eigenvalue weighted by Gasteiger charge is 2.25. The van der Waals surface area contributed by atoms with Crippen LogP contribution in [0.2, 0.25) is 0 Å². The summed E-state index contributed by atoms with van der Waals surface area (Å²) >= 11 is 0. The van der Waals surface area contributed by atoms with Crippen LogP contribution in [-0.4, -0.2) is 31.8 Å². The summed E-state index contributed by atoms with van der Waals surface area (Å²) in [5, 5.41) is 0. The van der Waals surface area contributed by atoms with Gasteiger partial charge in [-0.05, 0) is 32.4 Å². The van der Waals surface area contributed by atoms with E-state index in [1.54, 1.807) is 0 Å². The highest BCUT2D eigenvalue weighted by atomic mass is 16.5. The van der Waals surface area contributed by atoms with Gasteiger partial charge in [0, 0.05) is 25.3 Å². The van der Waals surface area contributed by atoms with Gasteiger partial charge in [-0.3, -0.25) is 0 Å². The molecule has 1 aliphatic rings. The first kappa shape index (κ1) is 12.4. The van der Waals surface area contributed by atoms with Gasteiger partial charge in [-0.2, -0.15) is 0 Å². The SMILES string of the molecule is Cc1ccc(N2CC(C)OC(CN)C2)c(C)c1. The molecule has 0 bridgehead atoms. The minimum atomic E-state index is 0.152. The zero-order valence-electron chi connectivity index (χ0n) is 10.9. The van der Waals surface area contributed by atoms with E-state index in [-0.39, 0.29) is 12.2 Å². The largest absolute Gasteiger partial charge is 0.370 e. The molecule has 1 aromatic carbocycles. The maximum atomic E-state index is 5.78. The molecule has 1 aromatic rings. The van der Waals surface area contributed by atoms with E-state index in [2.05, 4.69) is 43.9 Å². The van der Waals surface area contributed by atoms with Crippen LogP contribution in [0, 0.1) is 13.8 Å². The number of hydrogen-bond donors (Lipinski definition) is 1. The van der Waals surface area contributed by atoms with Crippen molar-refractivity contribution in [3.05, 3.63) is 29.3 Å². The first-order valence-corrected chi connectivity index (χ1v) is 6.28. The van der Waals surface area contributed by atoms with Crippen LogP contribution >= 0.6 is 0 Å². The van der Waals surface area contributed by atoms with Crippen LogP contribution in [-0.2, 0) is 4.74 Å². The van der Waals surface area contributed by atoms with Crippen molar-refractivity contribution in [2.75, 3.05) is 24.5 Å². The normalized spacial score (nSPS) is 25.1. The van der Waals surface area contributed by atoms with Gasteiger partial charge in [-0.1, -0.05) is 17.7 Å². The molecule has 0 amide bonds. The van der Waals surface area contributed by atoms with Gasteiger partial charge in [0.25, 0.3) is 0 Å². The van der Waals surface area contributed by atoms with Crippen molar-refractivity contribution < 1.29 is 4.74 Å². The molecule has 0 aliphatic carbocycles. The maximum absolute atomic E-state index is 5.78. The Morgan fingerprint density at radius 3 is 2.76 bits per heavy atom. The number of ether oxygens (including phenoxy) is 1. The van der Waals surface area contributed by atoms with Crippen molar-refractivity contribution >= 4 is 5.69 Å². The Morgan fingerprint density at radius 2 is 2.12 bits per heavy atom. The Labute approximate surface area is 104 Å². The highest BCUT2D eigenvalue weighted by Crippen LogP contribution is 2.24. The monoisotopic (exact) mass is 234 g/mol. The Balaban J connectivity index is 2.20. The lowest BCUT2D eigenvalue weighted by atomic mass is 10.1. The number of morpholine rings is 1. The third-order valence-corrected chi connectivity index (χ3v) is 3.28. The minimum absolute atomic E-state index is 0.152. The van der Waals surface area contributed by atoms with Crippen LogP contribution in [0.4, 0.5) is 5.69 Å². The van der Waals surface area contributed by atoms with Gasteiger partial charge in [-0.15, -0.1) is 0 Å². The van der Waals surface area contributed by atoms with E-state index in [1.165, 1.54) is 16.8 Å². The molecule has 2 atom stereocenters. The predicted molar refractivity (Wildman–Crippen MR) is 71.5 cm³/mol. The lowest BCUT2D eigenvalue weighted by molar-refractivity contribution is -0.0105. The first-order chi connectivity index (χ1) is 8.10. The molecule has 1 heterocycles. The standard InChI is InChI=1S/C14H22N2O/c1-10-4-5-14(11(2)6-10)16-8-12(3)17-13(7-15)9-16/h4-6,12-13H,7-9,15H2,1-3H3. The summed E-state index contributed by atoms with van der Waals surface area (Å²) < 4.78 is 5.78. The van der Waals surface area contributed by atoms with Gasteiger partial charge in [-0.25, -0.2) is 0 Å². The number of nitrogens with two attached hydrogens (primary N) is 1. The molecule has 3 nitrogen and oxygen atoms in total. The third-order valence-electron chi connectivity index (χ3n) is 3.28. The number of nitrogens with zero attached hydrogens (tertiary/aromatic N) is 1. The minimum Gasteiger partial charge on any atom is -0.370 e. The van der Waals surface area contributed by atoms with Gasteiger partial charge in [0.1, 0.15) is 0 Å². The van der Waals surface area contributed by atoms with Crippen molar-refractivity contribution in [3.63, 3.8) is 0 Å². The average Bonchev–Trinajstić information content (AvgIpc) is 2.28. The Bertz CT molecular complexity index is 392. The van der Waals surface area contributed by atoms with Gasteiger partial charge in [0.15, 0.2) is 0 Å². The van der Waals surface area contributed by atoms with Crippen LogP contribution in [0.1, 0.15) is 18.1 Å². The van der Waals surface area contributed by atoms with Crippen LogP contribution < -0.4 is 10.6 Å². The Morgan fingerprint density at radius 1 is 1.35 bits per heavy atom. The van der Waals surface area contributed by atoms with Crippen molar-refractivity contribution in [2.24, 2.45) is 5.73 Å². The van der Waals surface area contributed by atoms with Crippen LogP contribution in [0.15, 0.2) is 18.2 Å². The third kappa shape index (κ3) is 2.79. The molecule has 1 fully saturated rings. The van der Waals surface area contributed by atoms with E-state index in [0.717, 1.165) is 13.1 Å². The van der Waals surface area contributed by atoms with E-state index in [0.29, 0.717) is 6.54 Å². The number of rotatable bonds is 2. The molecule has 1 saturated heterocycles. The molecule has 2 rings (SSSR count). The second kappa shape index (κ2) is 5.07. The van der Waals surface area contributed by atoms with Crippen molar-refractivity contribution in [1.29, 1.82) is 0 Å². The summed E-state index contributed by atoms with van der Waals surface area (Å²) in [6, 6.07) is 6.60. The van der Waals surface area contributed by atoms with Gasteiger partial charge in [0.2, 0.25) is 0 Å². The van der Waals surface area contributed by atoms with Gasteiger partial charge >= 0.3 is 0 Å². The molecule has 3 heteroatoms. The fourth-order valence-electron chi connectivity index (χ4n) is 2.53. The molecular weight excluding hydrogens is 212 g/mol. The number of anilines is 1. The summed E-state index contributed by atoms with van der Waals surface area (Å²) in [6.45, 7) is 8.83. The van der Waals surface area contributed by atoms with Crippen molar-refractivity contribution in [2.45, 2.75) is 33.0 Å². The predicted octanol–water partition coefficient (Wildman–Crippen LogP) is 1.86. The van der Waals surface area contributed by atoms with Gasteiger partial charge in [0.05, 0.1) is 12.2 Å². The smallest absolute Gasteiger partial charge is 0.0876 e. The molecule has 2 N–H and O–H groups in total. The first-order valence-electron chi connectivity index (χ1n) is 6.28. The summed E-state index contributed by atoms with van der Waals surface area (Å²) in [5.41, 5.74) is 9.66. The van der Waals surface area contributed by atoms with Gasteiger partial charge < -0.3 is 15.4 Å². The molecule has 0 radical (unpaired) electrons. The van der Waals surface area contributed by atoms with Crippen molar-refractivity contribution in [3.8, 4) is 0 Å². The summed E-state index contributed by atoms with van der Waals surface area (Å²) in [5.74, 6) is 0. The quantitative estimate of drug-likeness (QED) is 0.849. The van der Waals surface area contributed by atoms with Crippen LogP contribution in [0.25, 0.3) is 0 Å². The topological polar surface area (TPSA) is 38.5 Å². The average molecular weight is 234 g/mol. The van der Waals surface area contributed by atoms with E-state index in [1.807, 2.05) is 0 Å². The molecule has 17 heavy (non-hydrogen) atoms. The maximum Gasteiger partial charge on any atom is 0.0876 e. The van der Waals surface area contributed by atoms with Crippen LogP contribution in [0.3, 0.4) is 0 Å². The summed E-state index contributed by atoms with van der Waals surface area (Å²) in [4.78, 5) is 2.39. The number of hydrogen-bond acceptors (Lipinski definition) is 3. The number of aryl methyl sites for hydroxylation is 2. The Kier molecular flexibility index (Phi) is 3.69. The molecule has 1 aliphatic heterocycles. The lowest BCUT2D eigenvalue weighted by Crippen LogP contribution is -2.49. The molecule has 0 saturated carbocycles. The molecule has 0 spiro atoms. The number of benzene rings is 1. The zero-order valence-corrected chi connectivity index (χ0v) is 10.9. The second-order valence-corrected chi connectivity index (χ2v) is 5.00. The zero-order chi connectivity index (χ0) is 12.4. The summed E-state index contributed by atoms with van der Waals surface area (Å²) in [7, 11) is 0. The molecule has 0 aromatic heterocycles. The lowest BCUT2D eigenvalue weighted by Gasteiger charge is -2.38. The van der Waals surface area contributed by atoms with Crippen molar-refractivity contribution in [1.82, 2.24) is 0 Å². The molecule has 94 valence electrons. The van der Waals surface area contributed by atoms with E-state index in [9.17, 15) is 0 Å². The molecular formula is C14H22N2O.